The predicted octanol–water partition coefficient (Wildman–Crippen LogP) is 0.292. The predicted molar refractivity (Wildman–Crippen MR) is 102 cm³/mol. The minimum Gasteiger partial charge on any atom is -0.353 e. The minimum atomic E-state index is -0.125. The first-order valence-electron chi connectivity index (χ1n) is 9.16. The number of anilines is 2. The summed E-state index contributed by atoms with van der Waals surface area (Å²) in [7, 11) is 0. The number of carbonyl (C=O) groups excluding carboxylic acids is 1. The van der Waals surface area contributed by atoms with Gasteiger partial charge in [-0.05, 0) is 41.6 Å². The van der Waals surface area contributed by atoms with Gasteiger partial charge in [0.05, 0.1) is 11.6 Å². The van der Waals surface area contributed by atoms with E-state index in [1.807, 2.05) is 36.1 Å². The van der Waals surface area contributed by atoms with Gasteiger partial charge in [-0.3, -0.25) is 4.79 Å². The second-order valence-electron chi connectivity index (χ2n) is 6.67. The Bertz CT molecular complexity index is 1150. The summed E-state index contributed by atoms with van der Waals surface area (Å²) >= 11 is 0. The van der Waals surface area contributed by atoms with Crippen molar-refractivity contribution in [3.05, 3.63) is 36.9 Å². The van der Waals surface area contributed by atoms with Crippen LogP contribution in [0.5, 0.6) is 0 Å². The maximum Gasteiger partial charge on any atom is 0.231 e. The first-order chi connectivity index (χ1) is 14.2. The third-order valence-electron chi connectivity index (χ3n) is 4.88. The van der Waals surface area contributed by atoms with Crippen LogP contribution in [0, 0.1) is 5.92 Å². The van der Waals surface area contributed by atoms with E-state index in [4.69, 9.17) is 0 Å². The van der Waals surface area contributed by atoms with Crippen LogP contribution in [0.4, 0.5) is 11.5 Å². The van der Waals surface area contributed by atoms with E-state index in [1.54, 1.807) is 9.36 Å². The highest BCUT2D eigenvalue weighted by Gasteiger charge is 2.35. The van der Waals surface area contributed by atoms with Crippen molar-refractivity contribution in [2.24, 2.45) is 5.92 Å². The first kappa shape index (κ1) is 17.2. The standard InChI is InChI=1S/C17H17N11O/c1-2-27-16-14(22-24-27)15(18-9-19-16)26-7-11(8-26)17(29)21-12-3-5-13(6-4-12)28-10-20-23-25-28/h3-6,9-11H,2,7-8H2,1H3,(H,21,29). The number of benzene rings is 1. The molecular formula is C17H17N11O. The second kappa shape index (κ2) is 6.89. The molecule has 146 valence electrons. The van der Waals surface area contributed by atoms with Gasteiger partial charge in [-0.25, -0.2) is 19.3 Å². The minimum absolute atomic E-state index is 0.0288. The van der Waals surface area contributed by atoms with Gasteiger partial charge in [-0.15, -0.1) is 10.2 Å². The molecule has 0 aliphatic carbocycles. The second-order valence-corrected chi connectivity index (χ2v) is 6.67. The first-order valence-corrected chi connectivity index (χ1v) is 9.16. The van der Waals surface area contributed by atoms with Gasteiger partial charge in [0.15, 0.2) is 17.0 Å². The summed E-state index contributed by atoms with van der Waals surface area (Å²) in [5.74, 6) is 0.559. The summed E-state index contributed by atoms with van der Waals surface area (Å²) in [5, 5.41) is 22.3. The maximum absolute atomic E-state index is 12.6. The summed E-state index contributed by atoms with van der Waals surface area (Å²) in [6, 6.07) is 7.33. The summed E-state index contributed by atoms with van der Waals surface area (Å²) in [6.45, 7) is 3.80. The number of hydrogen-bond acceptors (Lipinski definition) is 9. The van der Waals surface area contributed by atoms with Crippen LogP contribution in [0.25, 0.3) is 16.9 Å². The molecule has 0 unspecified atom stereocenters. The zero-order chi connectivity index (χ0) is 19.8. The zero-order valence-corrected chi connectivity index (χ0v) is 15.5. The zero-order valence-electron chi connectivity index (χ0n) is 15.5. The van der Waals surface area contributed by atoms with E-state index in [0.29, 0.717) is 36.6 Å². The SMILES string of the molecule is CCn1nnc2c(N3CC(C(=O)Nc4ccc(-n5cnnn5)cc4)C3)ncnc21. The lowest BCUT2D eigenvalue weighted by molar-refractivity contribution is -0.120. The Morgan fingerprint density at radius 2 is 2.00 bits per heavy atom. The fourth-order valence-corrected chi connectivity index (χ4v) is 3.26. The fraction of sp³-hybridized carbons (Fsp3) is 0.294. The molecule has 1 aliphatic rings. The Kier molecular flexibility index (Phi) is 4.08. The molecule has 1 amide bonds. The van der Waals surface area contributed by atoms with E-state index in [0.717, 1.165) is 11.4 Å². The Morgan fingerprint density at radius 3 is 2.72 bits per heavy atom. The van der Waals surface area contributed by atoms with Crippen molar-refractivity contribution in [2.75, 3.05) is 23.3 Å². The Hall–Kier alpha value is -3.96. The molecule has 0 bridgehead atoms. The molecule has 3 aromatic heterocycles. The summed E-state index contributed by atoms with van der Waals surface area (Å²) in [6.07, 6.45) is 3.02. The van der Waals surface area contributed by atoms with Crippen LogP contribution < -0.4 is 10.2 Å². The van der Waals surface area contributed by atoms with Crippen molar-refractivity contribution < 1.29 is 4.79 Å². The van der Waals surface area contributed by atoms with Crippen LogP contribution in [-0.2, 0) is 11.3 Å². The normalized spacial score (nSPS) is 14.2. The summed E-state index contributed by atoms with van der Waals surface area (Å²) < 4.78 is 3.27. The van der Waals surface area contributed by atoms with Crippen molar-refractivity contribution >= 4 is 28.6 Å². The number of aryl methyl sites for hydroxylation is 1. The molecule has 1 saturated heterocycles. The van der Waals surface area contributed by atoms with E-state index in [1.165, 1.54) is 12.7 Å². The van der Waals surface area contributed by atoms with Crippen molar-refractivity contribution in [3.63, 3.8) is 0 Å². The van der Waals surface area contributed by atoms with Crippen LogP contribution in [0.15, 0.2) is 36.9 Å². The molecule has 5 rings (SSSR count). The molecule has 4 heterocycles. The lowest BCUT2D eigenvalue weighted by Gasteiger charge is -2.38. The fourth-order valence-electron chi connectivity index (χ4n) is 3.26. The number of aromatic nitrogens is 9. The Labute approximate surface area is 164 Å². The topological polar surface area (TPSA) is 132 Å². The molecule has 1 N–H and O–H groups in total. The third-order valence-corrected chi connectivity index (χ3v) is 4.88. The van der Waals surface area contributed by atoms with E-state index < -0.39 is 0 Å². The van der Waals surface area contributed by atoms with Crippen molar-refractivity contribution in [1.82, 2.24) is 45.2 Å². The molecule has 0 saturated carbocycles. The smallest absolute Gasteiger partial charge is 0.231 e. The van der Waals surface area contributed by atoms with E-state index in [9.17, 15) is 4.79 Å². The molecule has 0 radical (unpaired) electrons. The number of tetrazole rings is 1. The highest BCUT2D eigenvalue weighted by molar-refractivity contribution is 5.95. The van der Waals surface area contributed by atoms with Gasteiger partial charge >= 0.3 is 0 Å². The highest BCUT2D eigenvalue weighted by atomic mass is 16.2. The van der Waals surface area contributed by atoms with Crippen LogP contribution in [0.1, 0.15) is 6.92 Å². The largest absolute Gasteiger partial charge is 0.353 e. The van der Waals surface area contributed by atoms with Crippen LogP contribution in [-0.4, -0.2) is 64.2 Å². The molecule has 12 heteroatoms. The highest BCUT2D eigenvalue weighted by Crippen LogP contribution is 2.28. The summed E-state index contributed by atoms with van der Waals surface area (Å²) in [4.78, 5) is 23.2. The lowest BCUT2D eigenvalue weighted by Crippen LogP contribution is -2.52. The van der Waals surface area contributed by atoms with Crippen molar-refractivity contribution in [2.45, 2.75) is 13.5 Å². The molecule has 1 aliphatic heterocycles. The molecule has 4 aromatic rings. The Morgan fingerprint density at radius 1 is 1.17 bits per heavy atom. The quantitative estimate of drug-likeness (QED) is 0.510. The molecule has 29 heavy (non-hydrogen) atoms. The molecule has 0 atom stereocenters. The number of rotatable bonds is 5. The van der Waals surface area contributed by atoms with Gasteiger partial charge in [0.1, 0.15) is 12.7 Å². The number of amides is 1. The van der Waals surface area contributed by atoms with Crippen LogP contribution in [0.3, 0.4) is 0 Å². The third kappa shape index (κ3) is 3.03. The number of fused-ring (bicyclic) bond motifs is 1. The maximum atomic E-state index is 12.6. The molecule has 12 nitrogen and oxygen atoms in total. The van der Waals surface area contributed by atoms with Gasteiger partial charge < -0.3 is 10.2 Å². The number of nitrogens with one attached hydrogen (secondary N) is 1. The Balaban J connectivity index is 1.23. The van der Waals surface area contributed by atoms with E-state index >= 15 is 0 Å². The lowest BCUT2D eigenvalue weighted by atomic mass is 9.99. The number of hydrogen-bond donors (Lipinski definition) is 1. The average Bonchev–Trinajstić information content (AvgIpc) is 3.37. The van der Waals surface area contributed by atoms with Gasteiger partial charge in [0.2, 0.25) is 5.91 Å². The number of carbonyl (C=O) groups is 1. The van der Waals surface area contributed by atoms with Gasteiger partial charge in [-0.2, -0.15) is 0 Å². The van der Waals surface area contributed by atoms with E-state index in [2.05, 4.69) is 41.1 Å². The molecule has 1 fully saturated rings. The molecular weight excluding hydrogens is 374 g/mol. The monoisotopic (exact) mass is 391 g/mol. The van der Waals surface area contributed by atoms with Crippen molar-refractivity contribution in [1.29, 1.82) is 0 Å². The van der Waals surface area contributed by atoms with E-state index in [-0.39, 0.29) is 11.8 Å². The molecule has 1 aromatic carbocycles. The number of nitrogens with zero attached hydrogens (tertiary/aromatic N) is 10. The van der Waals surface area contributed by atoms with Crippen LogP contribution >= 0.6 is 0 Å². The van der Waals surface area contributed by atoms with Gasteiger partial charge in [-0.1, -0.05) is 5.21 Å². The molecule has 0 spiro atoms. The van der Waals surface area contributed by atoms with Gasteiger partial charge in [0, 0.05) is 25.3 Å². The average molecular weight is 391 g/mol. The summed E-state index contributed by atoms with van der Waals surface area (Å²) in [5.41, 5.74) is 2.90. The van der Waals surface area contributed by atoms with Gasteiger partial charge in [0.25, 0.3) is 0 Å². The van der Waals surface area contributed by atoms with Crippen molar-refractivity contribution in [3.8, 4) is 5.69 Å². The van der Waals surface area contributed by atoms with Crippen LogP contribution in [0.2, 0.25) is 0 Å².